The molecule has 0 aliphatic heterocycles. The maximum absolute atomic E-state index is 12.8. The van der Waals surface area contributed by atoms with Crippen LogP contribution in [0.3, 0.4) is 0 Å². The molecule has 5 heteroatoms. The molecule has 178 valence electrons. The van der Waals surface area contributed by atoms with Gasteiger partial charge in [-0.15, -0.1) is 0 Å². The number of rotatable bonds is 6. The number of alkyl halides is 3. The van der Waals surface area contributed by atoms with E-state index in [-0.39, 0.29) is 0 Å². The third-order valence-electron chi connectivity index (χ3n) is 8.78. The van der Waals surface area contributed by atoms with Crippen molar-refractivity contribution in [3.05, 3.63) is 77.6 Å². The van der Waals surface area contributed by atoms with Crippen LogP contribution in [0.4, 0.5) is 18.9 Å². The van der Waals surface area contributed by atoms with Crippen LogP contribution in [0, 0.1) is 17.3 Å². The molecule has 1 spiro atoms. The number of nitrogens with one attached hydrogen (secondary N) is 2. The number of hydrogen-bond donors (Lipinski definition) is 2. The van der Waals surface area contributed by atoms with Gasteiger partial charge in [0.25, 0.3) is 0 Å². The van der Waals surface area contributed by atoms with E-state index in [0.717, 1.165) is 41.7 Å². The molecule has 1 heterocycles. The Kier molecular flexibility index (Phi) is 5.09. The first-order chi connectivity index (χ1) is 16.3. The van der Waals surface area contributed by atoms with Crippen molar-refractivity contribution in [2.75, 3.05) is 5.32 Å². The number of halogens is 3. The van der Waals surface area contributed by atoms with Gasteiger partial charge in [0.2, 0.25) is 0 Å². The molecule has 3 aromatic rings. The molecule has 3 aliphatic carbocycles. The second-order valence-electron chi connectivity index (χ2n) is 11.0. The number of benzene rings is 2. The molecule has 0 radical (unpaired) electrons. The second-order valence-corrected chi connectivity index (χ2v) is 11.0. The van der Waals surface area contributed by atoms with E-state index >= 15 is 0 Å². The van der Waals surface area contributed by atoms with Crippen molar-refractivity contribution < 1.29 is 13.2 Å². The molecule has 0 unspecified atom stereocenters. The van der Waals surface area contributed by atoms with Crippen molar-refractivity contribution in [3.8, 4) is 0 Å². The van der Waals surface area contributed by atoms with Gasteiger partial charge in [-0.1, -0.05) is 31.2 Å². The quantitative estimate of drug-likeness (QED) is 0.376. The van der Waals surface area contributed by atoms with Crippen LogP contribution in [0.1, 0.15) is 67.6 Å². The van der Waals surface area contributed by atoms with E-state index in [2.05, 4.69) is 35.1 Å². The third-order valence-corrected chi connectivity index (χ3v) is 8.78. The molecular formula is C29H31F3N2. The zero-order valence-corrected chi connectivity index (χ0v) is 19.3. The zero-order chi connectivity index (χ0) is 23.5. The smallest absolute Gasteiger partial charge is 0.359 e. The Morgan fingerprint density at radius 1 is 1.06 bits per heavy atom. The first kappa shape index (κ1) is 21.8. The number of allylic oxidation sites excluding steroid dienone is 1. The van der Waals surface area contributed by atoms with E-state index in [1.807, 2.05) is 6.20 Å². The Morgan fingerprint density at radius 2 is 1.79 bits per heavy atom. The molecule has 0 atom stereocenters. The van der Waals surface area contributed by atoms with Crippen molar-refractivity contribution in [1.82, 2.24) is 4.98 Å². The summed E-state index contributed by atoms with van der Waals surface area (Å²) in [5, 5.41) is 4.80. The van der Waals surface area contributed by atoms with Gasteiger partial charge in [-0.2, -0.15) is 13.2 Å². The molecule has 0 saturated heterocycles. The number of H-pyrrole nitrogens is 1. The summed E-state index contributed by atoms with van der Waals surface area (Å²) in [6, 6.07) is 12.3. The maximum Gasteiger partial charge on any atom is 0.416 e. The summed E-state index contributed by atoms with van der Waals surface area (Å²) in [6.07, 6.45) is 7.60. The minimum Gasteiger partial charge on any atom is -0.359 e. The average Bonchev–Trinajstić information content (AvgIpc) is 3.10. The predicted octanol–water partition coefficient (Wildman–Crippen LogP) is 8.43. The molecule has 3 saturated carbocycles. The summed E-state index contributed by atoms with van der Waals surface area (Å²) >= 11 is 0. The number of anilines is 1. The van der Waals surface area contributed by atoms with Crippen LogP contribution in [-0.2, 0) is 12.6 Å². The summed E-state index contributed by atoms with van der Waals surface area (Å²) in [5.74, 6) is 1.53. The molecule has 3 fully saturated rings. The molecule has 2 N–H and O–H groups in total. The van der Waals surface area contributed by atoms with Crippen molar-refractivity contribution in [3.63, 3.8) is 0 Å². The SMILES string of the molecule is C=C(Nc1c[nH]c2ccc(CC3CC(c4ccc(C(F)(F)F)cc4)C3)cc12)C1CC2(CCC2)C1. The van der Waals surface area contributed by atoms with E-state index in [4.69, 9.17) is 0 Å². The summed E-state index contributed by atoms with van der Waals surface area (Å²) in [7, 11) is 0. The van der Waals surface area contributed by atoms with Gasteiger partial charge in [0, 0.05) is 22.8 Å². The van der Waals surface area contributed by atoms with Crippen LogP contribution in [0.15, 0.2) is 60.9 Å². The summed E-state index contributed by atoms with van der Waals surface area (Å²) in [5.41, 5.74) is 5.78. The molecule has 34 heavy (non-hydrogen) atoms. The van der Waals surface area contributed by atoms with E-state index in [1.54, 1.807) is 12.1 Å². The highest BCUT2D eigenvalue weighted by atomic mass is 19.4. The highest BCUT2D eigenvalue weighted by Gasteiger charge is 2.48. The topological polar surface area (TPSA) is 27.8 Å². The second kappa shape index (κ2) is 7.93. The average molecular weight is 465 g/mol. The maximum atomic E-state index is 12.8. The number of hydrogen-bond acceptors (Lipinski definition) is 1. The summed E-state index contributed by atoms with van der Waals surface area (Å²) < 4.78 is 38.4. The van der Waals surface area contributed by atoms with Gasteiger partial charge in [0.05, 0.1) is 11.3 Å². The molecule has 2 aromatic carbocycles. The van der Waals surface area contributed by atoms with Gasteiger partial charge in [-0.25, -0.2) is 0 Å². The molecule has 0 bridgehead atoms. The molecule has 2 nitrogen and oxygen atoms in total. The van der Waals surface area contributed by atoms with Crippen molar-refractivity contribution in [2.24, 2.45) is 17.3 Å². The molecule has 1 aromatic heterocycles. The van der Waals surface area contributed by atoms with Crippen molar-refractivity contribution in [2.45, 2.75) is 63.5 Å². The number of aromatic nitrogens is 1. The Bertz CT molecular complexity index is 1200. The number of aromatic amines is 1. The standard InChI is InChI=1S/C29H31F3N2/c1-18(23-15-28(16-23)9-2-10-28)34-27-17-33-26-8-3-19(14-25(26)27)11-20-12-22(13-20)21-4-6-24(7-5-21)29(30,31)32/h3-8,14,17,20,22-23,33-34H,1-2,9-13,15-16H2. The molecule has 6 rings (SSSR count). The van der Waals surface area contributed by atoms with Crippen LogP contribution in [0.5, 0.6) is 0 Å². The van der Waals surface area contributed by atoms with Gasteiger partial charge in [-0.05, 0) is 104 Å². The van der Waals surface area contributed by atoms with E-state index in [1.165, 1.54) is 55.2 Å². The molecule has 3 aliphatic rings. The van der Waals surface area contributed by atoms with Gasteiger partial charge in [-0.3, -0.25) is 0 Å². The van der Waals surface area contributed by atoms with Crippen LogP contribution in [0.25, 0.3) is 10.9 Å². The van der Waals surface area contributed by atoms with E-state index in [9.17, 15) is 13.2 Å². The highest BCUT2D eigenvalue weighted by Crippen LogP contribution is 2.60. The largest absolute Gasteiger partial charge is 0.416 e. The zero-order valence-electron chi connectivity index (χ0n) is 19.3. The summed E-state index contributed by atoms with van der Waals surface area (Å²) in [4.78, 5) is 3.38. The molecular weight excluding hydrogens is 433 g/mol. The fourth-order valence-corrected chi connectivity index (χ4v) is 6.44. The van der Waals surface area contributed by atoms with Gasteiger partial charge >= 0.3 is 6.18 Å². The van der Waals surface area contributed by atoms with E-state index in [0.29, 0.717) is 23.2 Å². The lowest BCUT2D eigenvalue weighted by molar-refractivity contribution is -0.137. The van der Waals surface area contributed by atoms with E-state index < -0.39 is 11.7 Å². The van der Waals surface area contributed by atoms with Crippen molar-refractivity contribution >= 4 is 16.6 Å². The third kappa shape index (κ3) is 3.93. The Labute approximate surface area is 198 Å². The van der Waals surface area contributed by atoms with Gasteiger partial charge in [0.1, 0.15) is 0 Å². The van der Waals surface area contributed by atoms with Crippen LogP contribution in [0.2, 0.25) is 0 Å². The van der Waals surface area contributed by atoms with Gasteiger partial charge < -0.3 is 10.3 Å². The Hall–Kier alpha value is -2.69. The van der Waals surface area contributed by atoms with Crippen LogP contribution >= 0.6 is 0 Å². The number of fused-ring (bicyclic) bond motifs is 1. The summed E-state index contributed by atoms with van der Waals surface area (Å²) in [6.45, 7) is 4.34. The minimum atomic E-state index is -4.27. The normalized spacial score (nSPS) is 23.9. The predicted molar refractivity (Wildman–Crippen MR) is 131 cm³/mol. The van der Waals surface area contributed by atoms with Gasteiger partial charge in [0.15, 0.2) is 0 Å². The van der Waals surface area contributed by atoms with Crippen LogP contribution in [-0.4, -0.2) is 4.98 Å². The lowest BCUT2D eigenvalue weighted by atomic mass is 9.51. The minimum absolute atomic E-state index is 0.366. The van der Waals surface area contributed by atoms with Crippen LogP contribution < -0.4 is 5.32 Å². The first-order valence-electron chi connectivity index (χ1n) is 12.5. The first-order valence-corrected chi connectivity index (χ1v) is 12.5. The fraction of sp³-hybridized carbons (Fsp3) is 0.448. The monoisotopic (exact) mass is 464 g/mol. The highest BCUT2D eigenvalue weighted by molar-refractivity contribution is 5.93. The van der Waals surface area contributed by atoms with Crippen molar-refractivity contribution in [1.29, 1.82) is 0 Å². The Morgan fingerprint density at radius 3 is 2.44 bits per heavy atom. The fourth-order valence-electron chi connectivity index (χ4n) is 6.44. The Balaban J connectivity index is 1.07. The molecule has 0 amide bonds. The lowest BCUT2D eigenvalue weighted by Crippen LogP contribution is -2.44. The lowest BCUT2D eigenvalue weighted by Gasteiger charge is -2.54.